The maximum Gasteiger partial charge on any atom is 0.234 e. The monoisotopic (exact) mass is 409 g/mol. The lowest BCUT2D eigenvalue weighted by atomic mass is 10.2. The molecule has 7 nitrogen and oxygen atoms in total. The first-order valence-electron chi connectivity index (χ1n) is 9.15. The molecule has 1 heterocycles. The minimum Gasteiger partial charge on any atom is -0.326 e. The first-order valence-corrected chi connectivity index (χ1v) is 10.1. The molecule has 0 aliphatic rings. The Morgan fingerprint density at radius 2 is 1.69 bits per heavy atom. The van der Waals surface area contributed by atoms with E-state index in [4.69, 9.17) is 0 Å². The number of carbonyl (C=O) groups excluding carboxylic acids is 2. The Morgan fingerprint density at radius 1 is 0.966 bits per heavy atom. The number of amides is 2. The molecule has 29 heavy (non-hydrogen) atoms. The maximum absolute atomic E-state index is 12.3. The summed E-state index contributed by atoms with van der Waals surface area (Å²) in [5.74, 6) is 0.455. The Hall–Kier alpha value is -3.13. The molecule has 0 saturated carbocycles. The summed E-state index contributed by atoms with van der Waals surface area (Å²) in [5.41, 5.74) is 3.67. The third kappa shape index (κ3) is 5.68. The lowest BCUT2D eigenvalue weighted by Crippen LogP contribution is -2.17. The predicted molar refractivity (Wildman–Crippen MR) is 115 cm³/mol. The number of para-hydroxylation sites is 1. The third-order valence-corrected chi connectivity index (χ3v) is 5.35. The fourth-order valence-corrected chi connectivity index (χ4v) is 3.37. The van der Waals surface area contributed by atoms with Gasteiger partial charge in [-0.1, -0.05) is 47.7 Å². The Morgan fingerprint density at radius 3 is 2.41 bits per heavy atom. The number of thioether (sulfide) groups is 1. The van der Waals surface area contributed by atoms with Gasteiger partial charge in [0.15, 0.2) is 5.16 Å². The van der Waals surface area contributed by atoms with Gasteiger partial charge in [-0.3, -0.25) is 9.59 Å². The average Bonchev–Trinajstić information content (AvgIpc) is 3.03. The second-order valence-corrected chi connectivity index (χ2v) is 7.64. The Kier molecular flexibility index (Phi) is 6.66. The summed E-state index contributed by atoms with van der Waals surface area (Å²) in [4.78, 5) is 24.5. The van der Waals surface area contributed by atoms with Gasteiger partial charge in [-0.05, 0) is 37.6 Å². The normalized spacial score (nSPS) is 10.6. The molecule has 0 spiro atoms. The first kappa shape index (κ1) is 20.6. The zero-order valence-corrected chi connectivity index (χ0v) is 17.4. The van der Waals surface area contributed by atoms with Crippen molar-refractivity contribution in [3.63, 3.8) is 0 Å². The molecule has 0 atom stereocenters. The van der Waals surface area contributed by atoms with E-state index in [2.05, 4.69) is 20.8 Å². The van der Waals surface area contributed by atoms with Crippen LogP contribution in [0.1, 0.15) is 17.0 Å². The third-order valence-electron chi connectivity index (χ3n) is 4.33. The van der Waals surface area contributed by atoms with Crippen LogP contribution in [0.3, 0.4) is 0 Å². The van der Waals surface area contributed by atoms with Gasteiger partial charge in [0.25, 0.3) is 0 Å². The second kappa shape index (κ2) is 9.38. The van der Waals surface area contributed by atoms with Gasteiger partial charge in [-0.2, -0.15) is 0 Å². The van der Waals surface area contributed by atoms with Gasteiger partial charge in [-0.25, -0.2) is 0 Å². The summed E-state index contributed by atoms with van der Waals surface area (Å²) in [7, 11) is 1.79. The smallest absolute Gasteiger partial charge is 0.234 e. The fraction of sp³-hybridized carbons (Fsp3) is 0.238. The molecular weight excluding hydrogens is 386 g/mol. The minimum absolute atomic E-state index is 0.105. The minimum atomic E-state index is -0.168. The van der Waals surface area contributed by atoms with Crippen molar-refractivity contribution in [1.82, 2.24) is 14.8 Å². The molecule has 0 bridgehead atoms. The van der Waals surface area contributed by atoms with Crippen molar-refractivity contribution in [1.29, 1.82) is 0 Å². The maximum atomic E-state index is 12.3. The lowest BCUT2D eigenvalue weighted by Gasteiger charge is -2.08. The van der Waals surface area contributed by atoms with Crippen molar-refractivity contribution in [2.45, 2.75) is 25.4 Å². The number of hydrogen-bond acceptors (Lipinski definition) is 5. The van der Waals surface area contributed by atoms with Crippen molar-refractivity contribution >= 4 is 35.0 Å². The quantitative estimate of drug-likeness (QED) is 0.584. The molecule has 2 N–H and O–H groups in total. The Labute approximate surface area is 173 Å². The van der Waals surface area contributed by atoms with E-state index in [1.807, 2.05) is 62.4 Å². The van der Waals surface area contributed by atoms with Crippen LogP contribution in [0.2, 0.25) is 0 Å². The summed E-state index contributed by atoms with van der Waals surface area (Å²) in [5, 5.41) is 14.5. The van der Waals surface area contributed by atoms with E-state index in [1.54, 1.807) is 11.6 Å². The number of anilines is 2. The van der Waals surface area contributed by atoms with Gasteiger partial charge < -0.3 is 15.2 Å². The van der Waals surface area contributed by atoms with Gasteiger partial charge in [-0.15, -0.1) is 10.2 Å². The van der Waals surface area contributed by atoms with E-state index < -0.39 is 0 Å². The number of rotatable bonds is 7. The molecule has 1 aromatic heterocycles. The molecule has 3 aromatic rings. The number of benzene rings is 2. The molecule has 0 saturated heterocycles. The van der Waals surface area contributed by atoms with Crippen molar-refractivity contribution in [3.8, 4) is 0 Å². The number of nitrogens with zero attached hydrogens (tertiary/aromatic N) is 3. The molecule has 0 radical (unpaired) electrons. The van der Waals surface area contributed by atoms with Crippen LogP contribution < -0.4 is 10.6 Å². The molecule has 8 heteroatoms. The average molecular weight is 410 g/mol. The SMILES string of the molecule is Cc1ccc(NC(=O)Cc2nnc(SCC(=O)Nc3ccccc3C)n2C)cc1. The van der Waals surface area contributed by atoms with E-state index in [1.165, 1.54) is 11.8 Å². The number of aromatic nitrogens is 3. The Balaban J connectivity index is 1.53. The largest absolute Gasteiger partial charge is 0.326 e. The highest BCUT2D eigenvalue weighted by Gasteiger charge is 2.15. The molecule has 2 amide bonds. The zero-order valence-electron chi connectivity index (χ0n) is 16.6. The molecule has 0 fully saturated rings. The van der Waals surface area contributed by atoms with Gasteiger partial charge >= 0.3 is 0 Å². The van der Waals surface area contributed by atoms with E-state index in [-0.39, 0.29) is 24.0 Å². The first-order chi connectivity index (χ1) is 13.9. The highest BCUT2D eigenvalue weighted by molar-refractivity contribution is 7.99. The van der Waals surface area contributed by atoms with Crippen molar-refractivity contribution in [2.24, 2.45) is 7.05 Å². The highest BCUT2D eigenvalue weighted by atomic mass is 32.2. The van der Waals surface area contributed by atoms with Gasteiger partial charge in [0.1, 0.15) is 5.82 Å². The van der Waals surface area contributed by atoms with E-state index in [9.17, 15) is 9.59 Å². The zero-order chi connectivity index (χ0) is 20.8. The van der Waals surface area contributed by atoms with Crippen LogP contribution in [0.5, 0.6) is 0 Å². The van der Waals surface area contributed by atoms with Gasteiger partial charge in [0.05, 0.1) is 12.2 Å². The summed E-state index contributed by atoms with van der Waals surface area (Å²) in [6, 6.07) is 15.2. The van der Waals surface area contributed by atoms with Gasteiger partial charge in [0, 0.05) is 18.4 Å². The number of carbonyl (C=O) groups is 2. The second-order valence-electron chi connectivity index (χ2n) is 6.70. The van der Waals surface area contributed by atoms with Crippen LogP contribution in [0.15, 0.2) is 53.7 Å². The van der Waals surface area contributed by atoms with E-state index in [0.717, 1.165) is 22.5 Å². The lowest BCUT2D eigenvalue weighted by molar-refractivity contribution is -0.116. The number of hydrogen-bond donors (Lipinski definition) is 2. The van der Waals surface area contributed by atoms with Crippen LogP contribution in [-0.2, 0) is 23.1 Å². The number of nitrogens with one attached hydrogen (secondary N) is 2. The van der Waals surface area contributed by atoms with Gasteiger partial charge in [0.2, 0.25) is 11.8 Å². The van der Waals surface area contributed by atoms with Crippen molar-refractivity contribution in [3.05, 3.63) is 65.5 Å². The molecule has 150 valence electrons. The van der Waals surface area contributed by atoms with Crippen LogP contribution in [-0.4, -0.2) is 32.3 Å². The molecular formula is C21H23N5O2S. The predicted octanol–water partition coefficient (Wildman–Crippen LogP) is 3.34. The molecule has 0 aliphatic heterocycles. The van der Waals surface area contributed by atoms with Crippen molar-refractivity contribution < 1.29 is 9.59 Å². The van der Waals surface area contributed by atoms with E-state index in [0.29, 0.717) is 11.0 Å². The summed E-state index contributed by atoms with van der Waals surface area (Å²) in [6.45, 7) is 3.94. The molecule has 0 unspecified atom stereocenters. The van der Waals surface area contributed by atoms with Crippen LogP contribution in [0.25, 0.3) is 0 Å². The van der Waals surface area contributed by atoms with E-state index >= 15 is 0 Å². The van der Waals surface area contributed by atoms with Crippen LogP contribution in [0.4, 0.5) is 11.4 Å². The molecule has 0 aliphatic carbocycles. The number of aryl methyl sites for hydroxylation is 2. The summed E-state index contributed by atoms with van der Waals surface area (Å²) >= 11 is 1.28. The molecule has 2 aromatic carbocycles. The summed E-state index contributed by atoms with van der Waals surface area (Å²) in [6.07, 6.45) is 0.105. The summed E-state index contributed by atoms with van der Waals surface area (Å²) < 4.78 is 1.74. The molecule has 3 rings (SSSR count). The standard InChI is InChI=1S/C21H23N5O2S/c1-14-8-10-16(11-9-14)22-19(27)12-18-24-25-21(26(18)3)29-13-20(28)23-17-7-5-4-6-15(17)2/h4-11H,12-13H2,1-3H3,(H,22,27)(H,23,28). The van der Waals surface area contributed by atoms with Crippen molar-refractivity contribution in [2.75, 3.05) is 16.4 Å². The fourth-order valence-electron chi connectivity index (χ4n) is 2.64. The topological polar surface area (TPSA) is 88.9 Å². The van der Waals surface area contributed by atoms with Crippen LogP contribution in [0, 0.1) is 13.8 Å². The Bertz CT molecular complexity index is 1010. The highest BCUT2D eigenvalue weighted by Crippen LogP contribution is 2.18. The van der Waals surface area contributed by atoms with Crippen LogP contribution >= 0.6 is 11.8 Å².